The van der Waals surface area contributed by atoms with Gasteiger partial charge in [-0.25, -0.2) is 0 Å². The van der Waals surface area contributed by atoms with Gasteiger partial charge >= 0.3 is 48.9 Å². The van der Waals surface area contributed by atoms with Gasteiger partial charge in [0, 0.05) is 26.2 Å². The summed E-state index contributed by atoms with van der Waals surface area (Å²) in [6.07, 6.45) is -4.88. The fourth-order valence-electron chi connectivity index (χ4n) is 0.861. The topological polar surface area (TPSA) is 145 Å². The van der Waals surface area contributed by atoms with E-state index in [9.17, 15) is 19.8 Å². The van der Waals surface area contributed by atoms with E-state index in [0.717, 1.165) is 26.2 Å². The maximum atomic E-state index is 9.63. The molecule has 1 fully saturated rings. The smallest absolute Gasteiger partial charge is 0.547 e. The zero-order valence-electron chi connectivity index (χ0n) is 9.40. The maximum absolute atomic E-state index is 9.63. The molecule has 0 spiro atoms. The first kappa shape index (κ1) is 23.5. The van der Waals surface area contributed by atoms with Crippen molar-refractivity contribution in [3.8, 4) is 0 Å². The van der Waals surface area contributed by atoms with Crippen LogP contribution in [0, 0.1) is 0 Å². The monoisotopic (exact) mass is 476 g/mol. The summed E-state index contributed by atoms with van der Waals surface area (Å²) in [5.41, 5.74) is 0. The SMILES string of the molecule is C1CNCCN1.O=C([O-])C(O)C(O)C(=O)[O-].[Sb+3].[Sb+3]. The van der Waals surface area contributed by atoms with Crippen molar-refractivity contribution in [2.45, 2.75) is 12.2 Å². The van der Waals surface area contributed by atoms with Crippen LogP contribution in [0.25, 0.3) is 0 Å². The summed E-state index contributed by atoms with van der Waals surface area (Å²) in [6.45, 7) is 4.56. The van der Waals surface area contributed by atoms with Crippen LogP contribution in [0.15, 0.2) is 0 Å². The molecule has 1 rings (SSSR count). The van der Waals surface area contributed by atoms with Crippen molar-refractivity contribution in [1.29, 1.82) is 0 Å². The van der Waals surface area contributed by atoms with Crippen LogP contribution >= 0.6 is 0 Å². The molecule has 18 heavy (non-hydrogen) atoms. The first-order chi connectivity index (χ1) is 7.46. The third kappa shape index (κ3) is 11.5. The molecule has 0 saturated carbocycles. The van der Waals surface area contributed by atoms with E-state index in [1.54, 1.807) is 0 Å². The Labute approximate surface area is 139 Å². The Kier molecular flexibility index (Phi) is 18.1. The summed E-state index contributed by atoms with van der Waals surface area (Å²) in [7, 11) is 0. The van der Waals surface area contributed by atoms with Crippen LogP contribution in [0.3, 0.4) is 0 Å². The number of rotatable bonds is 3. The van der Waals surface area contributed by atoms with Crippen molar-refractivity contribution in [3.63, 3.8) is 0 Å². The number of nitrogens with one attached hydrogen (secondary N) is 2. The van der Waals surface area contributed by atoms with Gasteiger partial charge < -0.3 is 40.6 Å². The number of hydrogen-bond donors (Lipinski definition) is 4. The third-order valence-corrected chi connectivity index (χ3v) is 1.74. The summed E-state index contributed by atoms with van der Waals surface area (Å²) in [6, 6.07) is 0. The Bertz CT molecular complexity index is 210. The van der Waals surface area contributed by atoms with Gasteiger partial charge in [-0.1, -0.05) is 0 Å². The van der Waals surface area contributed by atoms with Crippen LogP contribution in [0.1, 0.15) is 0 Å². The molecule has 2 unspecified atom stereocenters. The summed E-state index contributed by atoms with van der Waals surface area (Å²) < 4.78 is 0. The molecule has 1 heterocycles. The van der Waals surface area contributed by atoms with E-state index in [2.05, 4.69) is 10.6 Å². The van der Waals surface area contributed by atoms with E-state index in [1.807, 2.05) is 0 Å². The molecule has 1 aliphatic heterocycles. The first-order valence-corrected chi connectivity index (χ1v) is 4.66. The first-order valence-electron chi connectivity index (χ1n) is 4.66. The normalized spacial score (nSPS) is 16.8. The van der Waals surface area contributed by atoms with Crippen molar-refractivity contribution in [3.05, 3.63) is 0 Å². The van der Waals surface area contributed by atoms with Gasteiger partial charge in [0.2, 0.25) is 0 Å². The zero-order valence-corrected chi connectivity index (χ0v) is 14.5. The number of carboxylic acid groups (broad SMARTS) is 2. The number of carboxylic acids is 2. The number of carbonyl (C=O) groups is 2. The second-order valence-corrected chi connectivity index (χ2v) is 3.03. The van der Waals surface area contributed by atoms with E-state index in [4.69, 9.17) is 10.2 Å². The fraction of sp³-hybridized carbons (Fsp3) is 0.750. The Hall–Kier alpha value is 0.416. The Morgan fingerprint density at radius 3 is 1.17 bits per heavy atom. The number of hydrogen-bond acceptors (Lipinski definition) is 8. The van der Waals surface area contributed by atoms with E-state index >= 15 is 0 Å². The van der Waals surface area contributed by atoms with Gasteiger partial charge in [0.1, 0.15) is 12.2 Å². The van der Waals surface area contributed by atoms with Crippen LogP contribution < -0.4 is 20.8 Å². The molecule has 0 aromatic heterocycles. The van der Waals surface area contributed by atoms with Crippen molar-refractivity contribution < 1.29 is 30.0 Å². The third-order valence-electron chi connectivity index (χ3n) is 1.74. The van der Waals surface area contributed by atoms with Gasteiger partial charge in [-0.05, 0) is 0 Å². The van der Waals surface area contributed by atoms with Crippen LogP contribution in [0.4, 0.5) is 0 Å². The molecule has 1 saturated heterocycles. The Morgan fingerprint density at radius 2 is 1.06 bits per heavy atom. The molecule has 1 aliphatic rings. The van der Waals surface area contributed by atoms with Crippen molar-refractivity contribution in [1.82, 2.24) is 10.6 Å². The van der Waals surface area contributed by atoms with E-state index in [1.165, 1.54) is 0 Å². The molecule has 0 bridgehead atoms. The number of carbonyl (C=O) groups excluding carboxylic acids is 2. The number of aliphatic hydroxyl groups is 2. The number of aliphatic hydroxyl groups excluding tert-OH is 2. The van der Waals surface area contributed by atoms with E-state index < -0.39 is 24.1 Å². The van der Waals surface area contributed by atoms with Gasteiger partial charge in [-0.2, -0.15) is 0 Å². The molecule has 0 aliphatic carbocycles. The summed E-state index contributed by atoms with van der Waals surface area (Å²) in [5, 5.41) is 42.2. The van der Waals surface area contributed by atoms with Gasteiger partial charge in [0.15, 0.2) is 0 Å². The number of aliphatic carboxylic acids is 2. The molecular formula is C8H14N2O6Sb2+4. The standard InChI is InChI=1S/C4H10N2.C4H6O6.2Sb/c1-2-6-4-3-5-1;5-1(3(7)8)2(6)4(9)10;;/h5-6H,1-4H2;1-2,5-6H,(H,7,8)(H,9,10);;/q;;2*+3/p-2. The zero-order chi connectivity index (χ0) is 12.6. The Balaban J connectivity index is -0.000000244. The summed E-state index contributed by atoms with van der Waals surface area (Å²) >= 11 is 0. The van der Waals surface area contributed by atoms with Gasteiger partial charge in [-0.3, -0.25) is 0 Å². The minimum Gasteiger partial charge on any atom is -0.547 e. The van der Waals surface area contributed by atoms with Gasteiger partial charge in [0.05, 0.1) is 11.9 Å². The quantitative estimate of drug-likeness (QED) is 0.294. The molecule has 0 aromatic rings. The molecule has 10 heteroatoms. The minimum atomic E-state index is -2.44. The molecule has 98 valence electrons. The van der Waals surface area contributed by atoms with E-state index in [0.29, 0.717) is 0 Å². The van der Waals surface area contributed by atoms with Crippen LogP contribution in [-0.4, -0.2) is 109 Å². The van der Waals surface area contributed by atoms with Crippen molar-refractivity contribution >= 4 is 60.8 Å². The fourth-order valence-corrected chi connectivity index (χ4v) is 0.861. The average Bonchev–Trinajstić information content (AvgIpc) is 2.30. The second-order valence-electron chi connectivity index (χ2n) is 3.03. The molecule has 2 atom stereocenters. The Morgan fingerprint density at radius 1 is 0.833 bits per heavy atom. The minimum absolute atomic E-state index is 0. The average molecular weight is 478 g/mol. The predicted octanol–water partition coefficient (Wildman–Crippen LogP) is -6.37. The maximum Gasteiger partial charge on any atom is 3.00 e. The van der Waals surface area contributed by atoms with Crippen molar-refractivity contribution in [2.75, 3.05) is 26.2 Å². The molecule has 0 aromatic carbocycles. The molecule has 4 N–H and O–H groups in total. The van der Waals surface area contributed by atoms with Crippen LogP contribution in [0.2, 0.25) is 0 Å². The van der Waals surface area contributed by atoms with E-state index in [-0.39, 0.29) is 48.9 Å². The van der Waals surface area contributed by atoms with Crippen LogP contribution in [-0.2, 0) is 9.59 Å². The number of piperazine rings is 1. The van der Waals surface area contributed by atoms with Crippen LogP contribution in [0.5, 0.6) is 0 Å². The molecule has 8 nitrogen and oxygen atoms in total. The summed E-state index contributed by atoms with van der Waals surface area (Å²) in [4.78, 5) is 19.3. The van der Waals surface area contributed by atoms with Crippen molar-refractivity contribution in [2.24, 2.45) is 0 Å². The predicted molar refractivity (Wildman–Crippen MR) is 59.3 cm³/mol. The largest absolute Gasteiger partial charge is 3.00 e. The molecule has 0 amide bonds. The van der Waals surface area contributed by atoms with Gasteiger partial charge in [-0.15, -0.1) is 0 Å². The second kappa shape index (κ2) is 13.8. The summed E-state index contributed by atoms with van der Waals surface area (Å²) in [5.74, 6) is -4.12. The molecular weight excluding hydrogens is 464 g/mol. The molecule has 4 radical (unpaired) electrons. The van der Waals surface area contributed by atoms with Gasteiger partial charge in [0.25, 0.3) is 0 Å².